The van der Waals surface area contributed by atoms with E-state index < -0.39 is 10.2 Å². The van der Waals surface area contributed by atoms with Gasteiger partial charge in [0.2, 0.25) is 0 Å². The van der Waals surface area contributed by atoms with Crippen LogP contribution in [0.5, 0.6) is 0 Å². The summed E-state index contributed by atoms with van der Waals surface area (Å²) in [6.45, 7) is 0. The molecule has 5 nitrogen and oxygen atoms in total. The van der Waals surface area contributed by atoms with E-state index in [4.69, 9.17) is 6.42 Å². The molecule has 13 heavy (non-hydrogen) atoms. The van der Waals surface area contributed by atoms with Crippen molar-refractivity contribution >= 4 is 10.2 Å². The summed E-state index contributed by atoms with van der Waals surface area (Å²) in [4.78, 5) is 3.70. The van der Waals surface area contributed by atoms with E-state index in [9.17, 15) is 8.42 Å². The molecule has 0 spiro atoms. The predicted octanol–water partition coefficient (Wildman–Crippen LogP) is -0.481. The molecule has 0 radical (unpaired) electrons. The van der Waals surface area contributed by atoms with Crippen LogP contribution in [0.1, 0.15) is 5.69 Å². The van der Waals surface area contributed by atoms with Crippen molar-refractivity contribution in [2.45, 2.75) is 0 Å². The molecular weight excluding hydrogens is 190 g/mol. The number of terminal acetylenes is 1. The Balaban J connectivity index is 3.18. The van der Waals surface area contributed by atoms with Crippen molar-refractivity contribution < 1.29 is 8.42 Å². The first-order valence-electron chi connectivity index (χ1n) is 3.42. The zero-order valence-corrected chi connectivity index (χ0v) is 8.11. The van der Waals surface area contributed by atoms with Crippen LogP contribution in [-0.4, -0.2) is 35.8 Å². The minimum Gasteiger partial charge on any atom is -0.227 e. The number of imidazole rings is 1. The minimum absolute atomic E-state index is 0.297. The van der Waals surface area contributed by atoms with Crippen LogP contribution >= 0.6 is 0 Å². The molecule has 0 unspecified atom stereocenters. The Bertz CT molecular complexity index is 439. The molecule has 6 heteroatoms. The van der Waals surface area contributed by atoms with Crippen LogP contribution in [0.25, 0.3) is 0 Å². The summed E-state index contributed by atoms with van der Waals surface area (Å²) >= 11 is 0. The zero-order chi connectivity index (χ0) is 10.1. The molecule has 1 rings (SSSR count). The van der Waals surface area contributed by atoms with E-state index in [1.54, 1.807) is 0 Å². The van der Waals surface area contributed by atoms with Gasteiger partial charge in [-0.2, -0.15) is 12.7 Å². The second kappa shape index (κ2) is 3.20. The van der Waals surface area contributed by atoms with Gasteiger partial charge in [0.15, 0.2) is 0 Å². The highest BCUT2D eigenvalue weighted by molar-refractivity contribution is 7.87. The molecule has 1 aromatic heterocycles. The summed E-state index contributed by atoms with van der Waals surface area (Å²) < 4.78 is 24.9. The third-order valence-electron chi connectivity index (χ3n) is 1.44. The quantitative estimate of drug-likeness (QED) is 0.604. The summed E-state index contributed by atoms with van der Waals surface area (Å²) in [5, 5.41) is 0. The van der Waals surface area contributed by atoms with Crippen LogP contribution < -0.4 is 0 Å². The van der Waals surface area contributed by atoms with Gasteiger partial charge in [-0.1, -0.05) is 0 Å². The molecule has 0 fully saturated rings. The Hall–Kier alpha value is -1.32. The molecule has 70 valence electrons. The maximum Gasteiger partial charge on any atom is 0.308 e. The highest BCUT2D eigenvalue weighted by Crippen LogP contribution is 2.02. The summed E-state index contributed by atoms with van der Waals surface area (Å²) in [5.74, 6) is 2.24. The first-order chi connectivity index (χ1) is 5.98. The third-order valence-corrected chi connectivity index (χ3v) is 3.09. The van der Waals surface area contributed by atoms with Crippen LogP contribution in [0.15, 0.2) is 12.5 Å². The molecule has 0 aliphatic carbocycles. The third kappa shape index (κ3) is 1.71. The smallest absolute Gasteiger partial charge is 0.227 e. The molecule has 0 saturated carbocycles. The van der Waals surface area contributed by atoms with Gasteiger partial charge in [-0.3, -0.25) is 0 Å². The summed E-state index contributed by atoms with van der Waals surface area (Å²) in [7, 11) is -0.603. The fourth-order valence-corrected chi connectivity index (χ4v) is 1.47. The number of nitrogens with zero attached hydrogens (tertiary/aromatic N) is 3. The molecule has 0 saturated heterocycles. The fourth-order valence-electron chi connectivity index (χ4n) is 0.696. The number of hydrogen-bond donors (Lipinski definition) is 0. The first kappa shape index (κ1) is 9.77. The van der Waals surface area contributed by atoms with E-state index in [1.807, 2.05) is 0 Å². The molecule has 0 N–H and O–H groups in total. The Morgan fingerprint density at radius 2 is 2.23 bits per heavy atom. The molecule has 0 amide bonds. The lowest BCUT2D eigenvalue weighted by molar-refractivity contribution is 0.510. The van der Waals surface area contributed by atoms with Crippen LogP contribution in [0.2, 0.25) is 0 Å². The average molecular weight is 199 g/mol. The van der Waals surface area contributed by atoms with E-state index >= 15 is 0 Å². The lowest BCUT2D eigenvalue weighted by Crippen LogP contribution is -2.27. The van der Waals surface area contributed by atoms with Gasteiger partial charge in [0.1, 0.15) is 12.0 Å². The second-order valence-electron chi connectivity index (χ2n) is 2.52. The Labute approximate surface area is 77.2 Å². The monoisotopic (exact) mass is 199 g/mol. The Morgan fingerprint density at radius 1 is 1.62 bits per heavy atom. The largest absolute Gasteiger partial charge is 0.308 e. The molecule has 0 atom stereocenters. The van der Waals surface area contributed by atoms with Crippen molar-refractivity contribution in [1.29, 1.82) is 0 Å². The van der Waals surface area contributed by atoms with Crippen molar-refractivity contribution in [3.05, 3.63) is 18.2 Å². The van der Waals surface area contributed by atoms with Crippen LogP contribution in [0.3, 0.4) is 0 Å². The standard InChI is InChI=1S/C7H9N3O2S/c1-4-7-5-10(6-8-7)13(11,12)9(2)3/h1,5-6H,2-3H3. The average Bonchev–Trinajstić information content (AvgIpc) is 2.51. The van der Waals surface area contributed by atoms with Gasteiger partial charge < -0.3 is 0 Å². The predicted molar refractivity (Wildman–Crippen MR) is 48.2 cm³/mol. The number of hydrogen-bond acceptors (Lipinski definition) is 3. The zero-order valence-electron chi connectivity index (χ0n) is 7.30. The van der Waals surface area contributed by atoms with Crippen molar-refractivity contribution in [3.63, 3.8) is 0 Å². The van der Waals surface area contributed by atoms with Gasteiger partial charge in [-0.15, -0.1) is 6.42 Å². The second-order valence-corrected chi connectivity index (χ2v) is 4.57. The van der Waals surface area contributed by atoms with Crippen LogP contribution in [-0.2, 0) is 10.2 Å². The summed E-state index contributed by atoms with van der Waals surface area (Å²) in [5.41, 5.74) is 0.297. The summed E-state index contributed by atoms with van der Waals surface area (Å²) in [6, 6.07) is 0. The fraction of sp³-hybridized carbons (Fsp3) is 0.286. The highest BCUT2D eigenvalue weighted by atomic mass is 32.2. The van der Waals surface area contributed by atoms with Crippen molar-refractivity contribution in [2.75, 3.05) is 14.1 Å². The molecule has 1 aromatic rings. The minimum atomic E-state index is -3.47. The number of aromatic nitrogens is 2. The molecule has 0 aromatic carbocycles. The van der Waals surface area contributed by atoms with Gasteiger partial charge in [0, 0.05) is 14.1 Å². The van der Waals surface area contributed by atoms with Crippen molar-refractivity contribution in [1.82, 2.24) is 13.3 Å². The Morgan fingerprint density at radius 3 is 2.62 bits per heavy atom. The first-order valence-corrected chi connectivity index (χ1v) is 4.82. The lowest BCUT2D eigenvalue weighted by atomic mass is 10.5. The van der Waals surface area contributed by atoms with E-state index in [0.29, 0.717) is 5.69 Å². The maximum absolute atomic E-state index is 11.4. The van der Waals surface area contributed by atoms with Gasteiger partial charge >= 0.3 is 10.2 Å². The van der Waals surface area contributed by atoms with Gasteiger partial charge in [-0.05, 0) is 5.92 Å². The van der Waals surface area contributed by atoms with Crippen LogP contribution in [0.4, 0.5) is 0 Å². The molecule has 1 heterocycles. The summed E-state index contributed by atoms with van der Waals surface area (Å²) in [6.07, 6.45) is 7.51. The van der Waals surface area contributed by atoms with E-state index in [1.165, 1.54) is 26.6 Å². The molecule has 0 aliphatic rings. The van der Waals surface area contributed by atoms with E-state index in [0.717, 1.165) is 8.28 Å². The normalized spacial score (nSPS) is 11.5. The van der Waals surface area contributed by atoms with Gasteiger partial charge in [-0.25, -0.2) is 8.96 Å². The number of rotatable bonds is 2. The molecule has 0 aliphatic heterocycles. The van der Waals surface area contributed by atoms with E-state index in [-0.39, 0.29) is 0 Å². The highest BCUT2D eigenvalue weighted by Gasteiger charge is 2.15. The Kier molecular flexibility index (Phi) is 2.40. The van der Waals surface area contributed by atoms with Gasteiger partial charge in [0.25, 0.3) is 0 Å². The van der Waals surface area contributed by atoms with Crippen molar-refractivity contribution in [3.8, 4) is 12.3 Å². The SMILES string of the molecule is C#Cc1cn(S(=O)(=O)N(C)C)cn1. The van der Waals surface area contributed by atoms with Crippen LogP contribution in [0, 0.1) is 12.3 Å². The van der Waals surface area contributed by atoms with Crippen molar-refractivity contribution in [2.24, 2.45) is 0 Å². The lowest BCUT2D eigenvalue weighted by Gasteiger charge is -2.10. The van der Waals surface area contributed by atoms with E-state index in [2.05, 4.69) is 10.9 Å². The van der Waals surface area contributed by atoms with Gasteiger partial charge in [0.05, 0.1) is 6.20 Å². The topological polar surface area (TPSA) is 55.2 Å². The maximum atomic E-state index is 11.4. The molecule has 0 bridgehead atoms. The molecular formula is C7H9N3O2S.